The number of aromatic amines is 1. The maximum absolute atomic E-state index is 12.3. The molecule has 1 amide bonds. The molecule has 2 N–H and O–H groups in total. The van der Waals surface area contributed by atoms with E-state index in [2.05, 4.69) is 10.3 Å². The molecule has 104 valence electrons. The van der Waals surface area contributed by atoms with Crippen molar-refractivity contribution in [1.82, 2.24) is 15.2 Å². The zero-order valence-electron chi connectivity index (χ0n) is 11.6. The van der Waals surface area contributed by atoms with Crippen LogP contribution in [0.2, 0.25) is 0 Å². The maximum Gasteiger partial charge on any atom is 0.255 e. The van der Waals surface area contributed by atoms with E-state index in [1.807, 2.05) is 24.1 Å². The van der Waals surface area contributed by atoms with Crippen molar-refractivity contribution in [2.75, 3.05) is 19.6 Å². The molecule has 0 spiro atoms. The monoisotopic (exact) mass is 261 g/mol. The van der Waals surface area contributed by atoms with Gasteiger partial charge < -0.3 is 15.2 Å². The van der Waals surface area contributed by atoms with Gasteiger partial charge in [-0.1, -0.05) is 0 Å². The molecule has 0 bridgehead atoms. The van der Waals surface area contributed by atoms with Crippen LogP contribution in [0.3, 0.4) is 0 Å². The first-order valence-electron chi connectivity index (χ1n) is 7.40. The van der Waals surface area contributed by atoms with Crippen molar-refractivity contribution in [2.45, 2.75) is 38.6 Å². The lowest BCUT2D eigenvalue weighted by Gasteiger charge is -2.32. The number of aromatic nitrogens is 1. The molecular weight excluding hydrogens is 238 g/mol. The van der Waals surface area contributed by atoms with E-state index in [0.717, 1.165) is 43.1 Å². The molecule has 1 aromatic rings. The first-order valence-corrected chi connectivity index (χ1v) is 7.40. The van der Waals surface area contributed by atoms with E-state index in [1.54, 1.807) is 0 Å². The Labute approximate surface area is 114 Å². The van der Waals surface area contributed by atoms with Gasteiger partial charge in [-0.05, 0) is 51.1 Å². The number of nitrogens with one attached hydrogen (secondary N) is 2. The predicted molar refractivity (Wildman–Crippen MR) is 75.2 cm³/mol. The third kappa shape index (κ3) is 3.00. The van der Waals surface area contributed by atoms with Crippen molar-refractivity contribution >= 4 is 5.91 Å². The number of nitrogens with zero attached hydrogens (tertiary/aromatic N) is 1. The smallest absolute Gasteiger partial charge is 0.255 e. The number of hydrogen-bond donors (Lipinski definition) is 2. The Morgan fingerprint density at radius 2 is 2.11 bits per heavy atom. The van der Waals surface area contributed by atoms with E-state index in [1.165, 1.54) is 19.4 Å². The van der Waals surface area contributed by atoms with Gasteiger partial charge in [0, 0.05) is 31.0 Å². The second kappa shape index (κ2) is 5.37. The Kier molecular flexibility index (Phi) is 3.60. The highest BCUT2D eigenvalue weighted by atomic mass is 16.2. The lowest BCUT2D eigenvalue weighted by molar-refractivity contribution is 0.0704. The molecule has 2 heterocycles. The lowest BCUT2D eigenvalue weighted by Crippen LogP contribution is -2.45. The van der Waals surface area contributed by atoms with Gasteiger partial charge in [-0.3, -0.25) is 4.79 Å². The van der Waals surface area contributed by atoms with Gasteiger partial charge in [0.1, 0.15) is 0 Å². The highest BCUT2D eigenvalue weighted by molar-refractivity contribution is 5.95. The number of likely N-dealkylation sites (tertiary alicyclic amines) is 1. The third-order valence-corrected chi connectivity index (χ3v) is 4.36. The minimum Gasteiger partial charge on any atom is -0.365 e. The van der Waals surface area contributed by atoms with E-state index in [9.17, 15) is 4.79 Å². The van der Waals surface area contributed by atoms with Crippen LogP contribution in [0, 0.1) is 12.8 Å². The van der Waals surface area contributed by atoms with Crippen LogP contribution in [-0.2, 0) is 0 Å². The maximum atomic E-state index is 12.3. The summed E-state index contributed by atoms with van der Waals surface area (Å²) >= 11 is 0. The minimum atomic E-state index is 0.180. The number of H-pyrrole nitrogens is 1. The van der Waals surface area contributed by atoms with Gasteiger partial charge in [0.25, 0.3) is 5.91 Å². The van der Waals surface area contributed by atoms with Crippen molar-refractivity contribution in [3.8, 4) is 0 Å². The van der Waals surface area contributed by atoms with Crippen molar-refractivity contribution in [1.29, 1.82) is 0 Å². The second-order valence-corrected chi connectivity index (χ2v) is 5.93. The van der Waals surface area contributed by atoms with E-state index in [0.29, 0.717) is 6.04 Å². The van der Waals surface area contributed by atoms with Crippen LogP contribution < -0.4 is 5.32 Å². The van der Waals surface area contributed by atoms with E-state index < -0.39 is 0 Å². The molecule has 1 saturated carbocycles. The highest BCUT2D eigenvalue weighted by Crippen LogP contribution is 2.28. The van der Waals surface area contributed by atoms with Gasteiger partial charge >= 0.3 is 0 Å². The minimum absolute atomic E-state index is 0.180. The third-order valence-electron chi connectivity index (χ3n) is 4.36. The van der Waals surface area contributed by atoms with Gasteiger partial charge in [0.2, 0.25) is 0 Å². The van der Waals surface area contributed by atoms with Crippen molar-refractivity contribution in [3.63, 3.8) is 0 Å². The summed E-state index contributed by atoms with van der Waals surface area (Å²) in [5, 5.41) is 3.65. The second-order valence-electron chi connectivity index (χ2n) is 5.93. The zero-order chi connectivity index (χ0) is 13.2. The van der Waals surface area contributed by atoms with Crippen LogP contribution in [0.5, 0.6) is 0 Å². The molecular formula is C15H23N3O. The number of aryl methyl sites for hydroxylation is 1. The van der Waals surface area contributed by atoms with Gasteiger partial charge in [-0.15, -0.1) is 0 Å². The largest absolute Gasteiger partial charge is 0.365 e. The average Bonchev–Trinajstić information content (AvgIpc) is 3.17. The van der Waals surface area contributed by atoms with Gasteiger partial charge in [-0.2, -0.15) is 0 Å². The molecule has 0 atom stereocenters. The Balaban J connectivity index is 1.49. The zero-order valence-corrected chi connectivity index (χ0v) is 11.6. The molecule has 0 radical (unpaired) electrons. The van der Waals surface area contributed by atoms with Crippen LogP contribution in [0.25, 0.3) is 0 Å². The molecule has 2 aliphatic rings. The van der Waals surface area contributed by atoms with Crippen LogP contribution in [0.4, 0.5) is 0 Å². The summed E-state index contributed by atoms with van der Waals surface area (Å²) in [5.74, 6) is 1.11. The summed E-state index contributed by atoms with van der Waals surface area (Å²) in [4.78, 5) is 17.4. The molecule has 1 aromatic heterocycles. The molecule has 0 aromatic carbocycles. The Morgan fingerprint density at radius 3 is 2.68 bits per heavy atom. The summed E-state index contributed by atoms with van der Waals surface area (Å²) in [6.07, 6.45) is 6.81. The molecule has 4 nitrogen and oxygen atoms in total. The SMILES string of the molecule is Cc1[nH]ccc1C(=O)N1CCC(NCC2CC2)CC1. The Bertz CT molecular complexity index is 442. The standard InChI is InChI=1S/C15H23N3O/c1-11-14(4-7-16-11)15(19)18-8-5-13(6-9-18)17-10-12-2-3-12/h4,7,12-13,16-17H,2-3,5-6,8-10H2,1H3. The average molecular weight is 261 g/mol. The normalized spacial score (nSPS) is 20.8. The van der Waals surface area contributed by atoms with Gasteiger partial charge in [0.15, 0.2) is 0 Å². The van der Waals surface area contributed by atoms with Crippen LogP contribution >= 0.6 is 0 Å². The van der Waals surface area contributed by atoms with E-state index >= 15 is 0 Å². The molecule has 4 heteroatoms. The van der Waals surface area contributed by atoms with E-state index in [4.69, 9.17) is 0 Å². The summed E-state index contributed by atoms with van der Waals surface area (Å²) < 4.78 is 0. The quantitative estimate of drug-likeness (QED) is 0.870. The van der Waals surface area contributed by atoms with E-state index in [-0.39, 0.29) is 5.91 Å². The molecule has 1 aliphatic heterocycles. The van der Waals surface area contributed by atoms with Gasteiger partial charge in [-0.25, -0.2) is 0 Å². The first-order chi connectivity index (χ1) is 9.24. The van der Waals surface area contributed by atoms with Crippen LogP contribution in [0.1, 0.15) is 41.7 Å². The fraction of sp³-hybridized carbons (Fsp3) is 0.667. The predicted octanol–water partition coefficient (Wildman–Crippen LogP) is 1.93. The topological polar surface area (TPSA) is 48.1 Å². The Morgan fingerprint density at radius 1 is 1.37 bits per heavy atom. The number of carbonyl (C=O) groups is 1. The Hall–Kier alpha value is -1.29. The highest BCUT2D eigenvalue weighted by Gasteiger charge is 2.26. The van der Waals surface area contributed by atoms with Crippen LogP contribution in [-0.4, -0.2) is 41.5 Å². The lowest BCUT2D eigenvalue weighted by atomic mass is 10.0. The number of carbonyl (C=O) groups excluding carboxylic acids is 1. The molecule has 1 aliphatic carbocycles. The van der Waals surface area contributed by atoms with Crippen molar-refractivity contribution in [2.24, 2.45) is 5.92 Å². The molecule has 2 fully saturated rings. The van der Waals surface area contributed by atoms with Crippen molar-refractivity contribution < 1.29 is 4.79 Å². The summed E-state index contributed by atoms with van der Waals surface area (Å²) in [6, 6.07) is 2.49. The van der Waals surface area contributed by atoms with Crippen LogP contribution in [0.15, 0.2) is 12.3 Å². The summed E-state index contributed by atoms with van der Waals surface area (Å²) in [7, 11) is 0. The molecule has 1 saturated heterocycles. The van der Waals surface area contributed by atoms with Crippen molar-refractivity contribution in [3.05, 3.63) is 23.5 Å². The number of piperidine rings is 1. The van der Waals surface area contributed by atoms with Gasteiger partial charge in [0.05, 0.1) is 5.56 Å². The molecule has 0 unspecified atom stereocenters. The number of hydrogen-bond acceptors (Lipinski definition) is 2. The fourth-order valence-corrected chi connectivity index (χ4v) is 2.80. The number of amides is 1. The number of rotatable bonds is 4. The molecule has 3 rings (SSSR count). The summed E-state index contributed by atoms with van der Waals surface area (Å²) in [6.45, 7) is 4.89. The molecule has 19 heavy (non-hydrogen) atoms. The summed E-state index contributed by atoms with van der Waals surface area (Å²) in [5.41, 5.74) is 1.79. The fourth-order valence-electron chi connectivity index (χ4n) is 2.80. The first kappa shape index (κ1) is 12.7.